The van der Waals surface area contributed by atoms with E-state index in [0.717, 1.165) is 22.4 Å². The molecule has 1 aromatic heterocycles. The first-order valence-corrected chi connectivity index (χ1v) is 7.11. The Hall–Kier alpha value is -3.08. The highest BCUT2D eigenvalue weighted by Gasteiger charge is 2.13. The van der Waals surface area contributed by atoms with Crippen LogP contribution in [0.4, 0.5) is 0 Å². The molecule has 0 radical (unpaired) electrons. The van der Waals surface area contributed by atoms with Gasteiger partial charge in [0.15, 0.2) is 11.5 Å². The van der Waals surface area contributed by atoms with Gasteiger partial charge in [-0.05, 0) is 24.1 Å². The maximum absolute atomic E-state index is 10.9. The predicted octanol–water partition coefficient (Wildman–Crippen LogP) is 3.93. The van der Waals surface area contributed by atoms with E-state index in [0.29, 0.717) is 12.4 Å². The molecule has 2 aromatic carbocycles. The van der Waals surface area contributed by atoms with E-state index >= 15 is 0 Å². The summed E-state index contributed by atoms with van der Waals surface area (Å²) in [4.78, 5) is 10.9. The van der Waals surface area contributed by atoms with Crippen molar-refractivity contribution >= 4 is 5.97 Å². The fraction of sp³-hybridized carbons (Fsp3) is 0.111. The van der Waals surface area contributed by atoms with Gasteiger partial charge in [0.1, 0.15) is 12.4 Å². The quantitative estimate of drug-likeness (QED) is 0.773. The smallest absolute Gasteiger partial charge is 0.358 e. The predicted molar refractivity (Wildman–Crippen MR) is 84.4 cm³/mol. The van der Waals surface area contributed by atoms with Crippen molar-refractivity contribution in [3.63, 3.8) is 0 Å². The second-order valence-corrected chi connectivity index (χ2v) is 5.14. The fourth-order valence-corrected chi connectivity index (χ4v) is 2.16. The molecule has 0 unspecified atom stereocenters. The lowest BCUT2D eigenvalue weighted by Crippen LogP contribution is -1.97. The van der Waals surface area contributed by atoms with Crippen molar-refractivity contribution < 1.29 is 19.2 Å². The zero-order valence-electron chi connectivity index (χ0n) is 12.5. The highest BCUT2D eigenvalue weighted by molar-refractivity contribution is 5.86. The fourth-order valence-electron chi connectivity index (χ4n) is 2.16. The van der Waals surface area contributed by atoms with Gasteiger partial charge in [-0.1, -0.05) is 47.6 Å². The molecule has 1 N–H and O–H groups in total. The van der Waals surface area contributed by atoms with E-state index in [1.807, 2.05) is 55.5 Å². The summed E-state index contributed by atoms with van der Waals surface area (Å²) in [5.74, 6) is -0.000693. The van der Waals surface area contributed by atoms with Gasteiger partial charge in [-0.25, -0.2) is 4.79 Å². The van der Waals surface area contributed by atoms with Crippen LogP contribution in [-0.2, 0) is 6.61 Å². The highest BCUT2D eigenvalue weighted by Crippen LogP contribution is 2.28. The molecular weight excluding hydrogens is 294 g/mol. The Labute approximate surface area is 133 Å². The van der Waals surface area contributed by atoms with Gasteiger partial charge in [0.05, 0.1) is 0 Å². The molecule has 0 aliphatic rings. The molecule has 0 saturated carbocycles. The number of nitrogens with zero attached hydrogens (tertiary/aromatic N) is 1. The van der Waals surface area contributed by atoms with Crippen molar-refractivity contribution in [2.24, 2.45) is 0 Å². The van der Waals surface area contributed by atoms with Crippen molar-refractivity contribution in [2.75, 3.05) is 0 Å². The summed E-state index contributed by atoms with van der Waals surface area (Å²) < 4.78 is 10.9. The van der Waals surface area contributed by atoms with Gasteiger partial charge in [0.2, 0.25) is 0 Å². The minimum Gasteiger partial charge on any atom is -0.489 e. The number of hydrogen-bond donors (Lipinski definition) is 1. The Morgan fingerprint density at radius 3 is 2.65 bits per heavy atom. The first-order chi connectivity index (χ1) is 11.1. The van der Waals surface area contributed by atoms with E-state index in [1.165, 1.54) is 6.07 Å². The van der Waals surface area contributed by atoms with Crippen molar-refractivity contribution in [3.8, 4) is 17.1 Å². The van der Waals surface area contributed by atoms with Crippen LogP contribution in [-0.4, -0.2) is 16.2 Å². The number of ether oxygens (including phenoxy) is 1. The standard InChI is InChI=1S/C18H15NO4/c1-12-7-8-14(17-10-15(18(20)21)19-23-17)9-16(12)22-11-13-5-3-2-4-6-13/h2-10H,11H2,1H3,(H,20,21). The maximum Gasteiger partial charge on any atom is 0.358 e. The number of benzene rings is 2. The molecule has 3 rings (SSSR count). The van der Waals surface area contributed by atoms with Crippen molar-refractivity contribution in [1.82, 2.24) is 5.16 Å². The second-order valence-electron chi connectivity index (χ2n) is 5.14. The van der Waals surface area contributed by atoms with E-state index in [2.05, 4.69) is 5.16 Å². The number of aromatic nitrogens is 1. The summed E-state index contributed by atoms with van der Waals surface area (Å²) in [5.41, 5.74) is 2.67. The number of carboxylic acids is 1. The summed E-state index contributed by atoms with van der Waals surface area (Å²) >= 11 is 0. The third-order valence-corrected chi connectivity index (χ3v) is 3.44. The number of aromatic carboxylic acids is 1. The van der Waals surface area contributed by atoms with E-state index in [-0.39, 0.29) is 5.69 Å². The average Bonchev–Trinajstić information content (AvgIpc) is 3.05. The summed E-state index contributed by atoms with van der Waals surface area (Å²) in [6, 6.07) is 16.8. The highest BCUT2D eigenvalue weighted by atomic mass is 16.5. The second kappa shape index (κ2) is 6.36. The number of hydrogen-bond acceptors (Lipinski definition) is 4. The van der Waals surface area contributed by atoms with Crippen LogP contribution in [0.1, 0.15) is 21.6 Å². The van der Waals surface area contributed by atoms with Crippen LogP contribution in [0.3, 0.4) is 0 Å². The molecule has 0 spiro atoms. The van der Waals surface area contributed by atoms with Crippen LogP contribution in [0.5, 0.6) is 5.75 Å². The van der Waals surface area contributed by atoms with Crippen LogP contribution in [0.2, 0.25) is 0 Å². The van der Waals surface area contributed by atoms with Crippen LogP contribution < -0.4 is 4.74 Å². The number of rotatable bonds is 5. The zero-order chi connectivity index (χ0) is 16.2. The average molecular weight is 309 g/mol. The molecule has 0 aliphatic heterocycles. The van der Waals surface area contributed by atoms with E-state index in [9.17, 15) is 4.79 Å². The normalized spacial score (nSPS) is 10.5. The Bertz CT molecular complexity index is 824. The number of aryl methyl sites for hydroxylation is 1. The van der Waals surface area contributed by atoms with Gasteiger partial charge < -0.3 is 14.4 Å². The Morgan fingerprint density at radius 2 is 1.96 bits per heavy atom. The van der Waals surface area contributed by atoms with Crippen molar-refractivity contribution in [3.05, 3.63) is 71.4 Å². The van der Waals surface area contributed by atoms with Gasteiger partial charge in [-0.15, -0.1) is 0 Å². The lowest BCUT2D eigenvalue weighted by Gasteiger charge is -2.10. The monoisotopic (exact) mass is 309 g/mol. The Balaban J connectivity index is 1.82. The van der Waals surface area contributed by atoms with Gasteiger partial charge in [0, 0.05) is 11.6 Å². The number of carboxylic acid groups (broad SMARTS) is 1. The third kappa shape index (κ3) is 3.40. The Morgan fingerprint density at radius 1 is 1.17 bits per heavy atom. The van der Waals surface area contributed by atoms with E-state index < -0.39 is 5.97 Å². The summed E-state index contributed by atoms with van der Waals surface area (Å²) in [6.45, 7) is 2.41. The largest absolute Gasteiger partial charge is 0.489 e. The molecule has 5 nitrogen and oxygen atoms in total. The lowest BCUT2D eigenvalue weighted by atomic mass is 10.1. The van der Waals surface area contributed by atoms with Crippen LogP contribution >= 0.6 is 0 Å². The van der Waals surface area contributed by atoms with Crippen LogP contribution in [0.25, 0.3) is 11.3 Å². The molecule has 0 fully saturated rings. The van der Waals surface area contributed by atoms with Gasteiger partial charge in [0.25, 0.3) is 0 Å². The van der Waals surface area contributed by atoms with Crippen molar-refractivity contribution in [2.45, 2.75) is 13.5 Å². The molecule has 0 saturated heterocycles. The minimum atomic E-state index is -1.12. The molecule has 0 amide bonds. The SMILES string of the molecule is Cc1ccc(-c2cc(C(=O)O)no2)cc1OCc1ccccc1. The first-order valence-electron chi connectivity index (χ1n) is 7.11. The summed E-state index contributed by atoms with van der Waals surface area (Å²) in [5, 5.41) is 12.4. The molecule has 1 heterocycles. The molecule has 3 aromatic rings. The Kier molecular flexibility index (Phi) is 4.10. The van der Waals surface area contributed by atoms with E-state index in [4.69, 9.17) is 14.4 Å². The summed E-state index contributed by atoms with van der Waals surface area (Å²) in [7, 11) is 0. The summed E-state index contributed by atoms with van der Waals surface area (Å²) in [6.07, 6.45) is 0. The van der Waals surface area contributed by atoms with E-state index in [1.54, 1.807) is 0 Å². The van der Waals surface area contributed by atoms with Gasteiger partial charge >= 0.3 is 5.97 Å². The molecule has 0 atom stereocenters. The molecule has 116 valence electrons. The molecule has 0 bridgehead atoms. The topological polar surface area (TPSA) is 72.6 Å². The molecular formula is C18H15NO4. The van der Waals surface area contributed by atoms with Gasteiger partial charge in [-0.2, -0.15) is 0 Å². The molecule has 5 heteroatoms. The lowest BCUT2D eigenvalue weighted by molar-refractivity contribution is 0.0686. The third-order valence-electron chi connectivity index (χ3n) is 3.44. The van der Waals surface area contributed by atoms with Gasteiger partial charge in [-0.3, -0.25) is 0 Å². The number of carbonyl (C=O) groups is 1. The minimum absolute atomic E-state index is 0.118. The first kappa shape index (κ1) is 14.8. The maximum atomic E-state index is 10.9. The zero-order valence-corrected chi connectivity index (χ0v) is 12.5. The van der Waals surface area contributed by atoms with Crippen LogP contribution in [0, 0.1) is 6.92 Å². The molecule has 0 aliphatic carbocycles. The van der Waals surface area contributed by atoms with Crippen molar-refractivity contribution in [1.29, 1.82) is 0 Å². The molecule has 23 heavy (non-hydrogen) atoms. The van der Waals surface area contributed by atoms with Crippen LogP contribution in [0.15, 0.2) is 59.1 Å².